The molecular weight excluding hydrogens is 430 g/mol. The highest BCUT2D eigenvalue weighted by Gasteiger charge is 2.21. The Bertz CT molecular complexity index is 2060. The van der Waals surface area contributed by atoms with Crippen LogP contribution in [0.25, 0.3) is 69.2 Å². The third-order valence-electron chi connectivity index (χ3n) is 7.15. The summed E-state index contributed by atoms with van der Waals surface area (Å²) >= 11 is 1.93. The normalized spacial score (nSPS) is 12.1. The number of para-hydroxylation sites is 2. The van der Waals surface area contributed by atoms with Gasteiger partial charge in [-0.1, -0.05) is 91.0 Å². The van der Waals surface area contributed by atoms with E-state index >= 15 is 0 Å². The molecule has 0 saturated carbocycles. The largest absolute Gasteiger partial charge is 0.309 e. The van der Waals surface area contributed by atoms with E-state index in [9.17, 15) is 0 Å². The molecule has 0 saturated heterocycles. The average molecular weight is 450 g/mol. The van der Waals surface area contributed by atoms with E-state index in [1.165, 1.54) is 69.2 Å². The van der Waals surface area contributed by atoms with E-state index in [-0.39, 0.29) is 0 Å². The van der Waals surface area contributed by atoms with E-state index in [2.05, 4.69) is 120 Å². The van der Waals surface area contributed by atoms with Gasteiger partial charge in [-0.3, -0.25) is 0 Å². The topological polar surface area (TPSA) is 4.93 Å². The highest BCUT2D eigenvalue weighted by molar-refractivity contribution is 7.27. The monoisotopic (exact) mass is 449 g/mol. The summed E-state index contributed by atoms with van der Waals surface area (Å²) in [7, 11) is 0. The first-order valence-corrected chi connectivity index (χ1v) is 12.4. The number of hydrogen-bond donors (Lipinski definition) is 0. The van der Waals surface area contributed by atoms with E-state index in [0.717, 1.165) is 0 Å². The van der Waals surface area contributed by atoms with Crippen molar-refractivity contribution in [2.75, 3.05) is 0 Å². The van der Waals surface area contributed by atoms with Gasteiger partial charge in [-0.15, -0.1) is 11.3 Å². The van der Waals surface area contributed by atoms with E-state index in [1.807, 2.05) is 11.3 Å². The van der Waals surface area contributed by atoms with Crippen molar-refractivity contribution in [1.82, 2.24) is 4.57 Å². The van der Waals surface area contributed by atoms with Crippen LogP contribution in [0.2, 0.25) is 0 Å². The van der Waals surface area contributed by atoms with E-state index in [0.29, 0.717) is 0 Å². The number of benzene rings is 6. The zero-order valence-corrected chi connectivity index (χ0v) is 19.1. The highest BCUT2D eigenvalue weighted by Crippen LogP contribution is 2.49. The smallest absolute Gasteiger partial charge is 0.0634 e. The first-order chi connectivity index (χ1) is 16.9. The van der Waals surface area contributed by atoms with Crippen molar-refractivity contribution < 1.29 is 0 Å². The van der Waals surface area contributed by atoms with Crippen molar-refractivity contribution in [3.8, 4) is 5.69 Å². The SMILES string of the molecule is c1ccc(-n2c3ccccc3c3c4sc5ccc6ccccc6c5c4c4ccccc4c32)cc1. The molecule has 0 aliphatic rings. The molecular formula is C32H19NS. The van der Waals surface area contributed by atoms with E-state index < -0.39 is 0 Å². The van der Waals surface area contributed by atoms with Gasteiger partial charge in [0.15, 0.2) is 0 Å². The van der Waals surface area contributed by atoms with Gasteiger partial charge >= 0.3 is 0 Å². The fraction of sp³-hybridized carbons (Fsp3) is 0. The Labute approximate surface area is 200 Å². The molecule has 0 fully saturated rings. The van der Waals surface area contributed by atoms with Crippen LogP contribution in [0, 0.1) is 0 Å². The molecule has 0 unspecified atom stereocenters. The number of fused-ring (bicyclic) bond motifs is 12. The quantitative estimate of drug-likeness (QED) is 0.235. The lowest BCUT2D eigenvalue weighted by molar-refractivity contribution is 1.19. The van der Waals surface area contributed by atoms with Gasteiger partial charge in [0.25, 0.3) is 0 Å². The van der Waals surface area contributed by atoms with Crippen LogP contribution in [0.4, 0.5) is 0 Å². The van der Waals surface area contributed by atoms with Gasteiger partial charge in [-0.05, 0) is 40.4 Å². The van der Waals surface area contributed by atoms with Crippen LogP contribution in [-0.4, -0.2) is 4.57 Å². The van der Waals surface area contributed by atoms with Gasteiger partial charge < -0.3 is 4.57 Å². The summed E-state index contributed by atoms with van der Waals surface area (Å²) in [6.07, 6.45) is 0. The zero-order valence-electron chi connectivity index (χ0n) is 18.3. The predicted octanol–water partition coefficient (Wildman–Crippen LogP) is 9.46. The number of nitrogens with zero attached hydrogens (tertiary/aromatic N) is 1. The minimum atomic E-state index is 1.20. The van der Waals surface area contributed by atoms with Crippen LogP contribution < -0.4 is 0 Å². The van der Waals surface area contributed by atoms with Gasteiger partial charge in [-0.2, -0.15) is 0 Å². The first kappa shape index (κ1) is 18.3. The Morgan fingerprint density at radius 3 is 2.00 bits per heavy atom. The summed E-state index contributed by atoms with van der Waals surface area (Å²) in [6.45, 7) is 0. The fourth-order valence-electron chi connectivity index (χ4n) is 5.78. The van der Waals surface area contributed by atoms with Gasteiger partial charge in [0.05, 0.1) is 11.0 Å². The van der Waals surface area contributed by atoms with Crippen LogP contribution >= 0.6 is 11.3 Å². The molecule has 8 rings (SSSR count). The molecule has 0 N–H and O–H groups in total. The Balaban J connectivity index is 1.75. The third-order valence-corrected chi connectivity index (χ3v) is 8.32. The lowest BCUT2D eigenvalue weighted by atomic mass is 9.97. The van der Waals surface area contributed by atoms with Gasteiger partial charge in [0.2, 0.25) is 0 Å². The lowest BCUT2D eigenvalue weighted by Crippen LogP contribution is -1.94. The second kappa shape index (κ2) is 6.69. The van der Waals surface area contributed by atoms with Crippen LogP contribution in [0.1, 0.15) is 0 Å². The highest BCUT2D eigenvalue weighted by atomic mass is 32.1. The minimum Gasteiger partial charge on any atom is -0.309 e. The summed E-state index contributed by atoms with van der Waals surface area (Å²) < 4.78 is 5.18. The maximum atomic E-state index is 2.45. The molecule has 2 heteroatoms. The lowest BCUT2D eigenvalue weighted by Gasteiger charge is -2.11. The van der Waals surface area contributed by atoms with Crippen LogP contribution in [-0.2, 0) is 0 Å². The molecule has 1 nitrogen and oxygen atoms in total. The molecule has 0 spiro atoms. The van der Waals surface area contributed by atoms with Gasteiger partial charge in [-0.25, -0.2) is 0 Å². The molecule has 0 radical (unpaired) electrons. The van der Waals surface area contributed by atoms with Crippen molar-refractivity contribution in [3.63, 3.8) is 0 Å². The summed E-state index contributed by atoms with van der Waals surface area (Å²) in [5, 5.41) is 10.7. The first-order valence-electron chi connectivity index (χ1n) is 11.6. The molecule has 0 aliphatic heterocycles. The predicted molar refractivity (Wildman–Crippen MR) is 149 cm³/mol. The van der Waals surface area contributed by atoms with Crippen LogP contribution in [0.3, 0.4) is 0 Å². The second-order valence-corrected chi connectivity index (χ2v) is 9.98. The summed E-state index contributed by atoms with van der Waals surface area (Å²) in [4.78, 5) is 0. The Morgan fingerprint density at radius 2 is 1.15 bits per heavy atom. The Hall–Kier alpha value is -4.14. The summed E-state index contributed by atoms with van der Waals surface area (Å²) in [5.41, 5.74) is 3.75. The van der Waals surface area contributed by atoms with Crippen LogP contribution in [0.15, 0.2) is 115 Å². The molecule has 6 aromatic carbocycles. The van der Waals surface area contributed by atoms with Crippen molar-refractivity contribution in [2.24, 2.45) is 0 Å². The second-order valence-electron chi connectivity index (χ2n) is 8.92. The Morgan fingerprint density at radius 1 is 0.471 bits per heavy atom. The average Bonchev–Trinajstić information content (AvgIpc) is 3.46. The van der Waals surface area contributed by atoms with Gasteiger partial charge in [0, 0.05) is 42.0 Å². The minimum absolute atomic E-state index is 1.20. The molecule has 2 aromatic heterocycles. The molecule has 2 heterocycles. The third kappa shape index (κ3) is 2.28. The standard InChI is InChI=1S/C32H19NS/c1-2-11-21(12-3-1)33-26-17-9-8-16-25(26)30-31(33)24-15-7-6-14-23(24)29-28-22-13-5-4-10-20(22)18-19-27(28)34-32(29)30/h1-19H. The fourth-order valence-corrected chi connectivity index (χ4v) is 7.07. The number of aromatic nitrogens is 1. The number of hydrogen-bond acceptors (Lipinski definition) is 1. The number of rotatable bonds is 1. The molecule has 0 atom stereocenters. The van der Waals surface area contributed by atoms with Crippen molar-refractivity contribution in [3.05, 3.63) is 115 Å². The molecule has 158 valence electrons. The van der Waals surface area contributed by atoms with Crippen molar-refractivity contribution >= 4 is 74.9 Å². The van der Waals surface area contributed by atoms with Crippen LogP contribution in [0.5, 0.6) is 0 Å². The van der Waals surface area contributed by atoms with E-state index in [4.69, 9.17) is 0 Å². The summed E-state index contributed by atoms with van der Waals surface area (Å²) in [5.74, 6) is 0. The molecule has 0 bridgehead atoms. The number of thiophene rings is 1. The van der Waals surface area contributed by atoms with Crippen molar-refractivity contribution in [2.45, 2.75) is 0 Å². The summed E-state index contributed by atoms with van der Waals surface area (Å²) in [6, 6.07) is 41.9. The molecule has 8 aromatic rings. The van der Waals surface area contributed by atoms with Gasteiger partial charge in [0.1, 0.15) is 0 Å². The maximum absolute atomic E-state index is 2.45. The molecule has 0 aliphatic carbocycles. The molecule has 0 amide bonds. The zero-order chi connectivity index (χ0) is 22.2. The molecule has 34 heavy (non-hydrogen) atoms. The maximum Gasteiger partial charge on any atom is 0.0634 e. The van der Waals surface area contributed by atoms with E-state index in [1.54, 1.807) is 0 Å². The van der Waals surface area contributed by atoms with Crippen molar-refractivity contribution in [1.29, 1.82) is 0 Å². The Kier molecular flexibility index (Phi) is 3.60.